The van der Waals surface area contributed by atoms with Crippen LogP contribution in [0, 0.1) is 0 Å². The second kappa shape index (κ2) is 13.9. The Bertz CT molecular complexity index is 2670. The van der Waals surface area contributed by atoms with Crippen LogP contribution in [0.25, 0.3) is 44.2 Å². The molecule has 55 heavy (non-hydrogen) atoms. The van der Waals surface area contributed by atoms with Gasteiger partial charge in [0.25, 0.3) is 0 Å². The Morgan fingerprint density at radius 1 is 0.273 bits per heavy atom. The first kappa shape index (κ1) is 32.3. The minimum Gasteiger partial charge on any atom is -0.456 e. The van der Waals surface area contributed by atoms with Crippen molar-refractivity contribution in [2.24, 2.45) is 0 Å². The van der Waals surface area contributed by atoms with Gasteiger partial charge in [-0.15, -0.1) is 0 Å². The fraction of sp³-hybridized carbons (Fsp3) is 0. The average molecular weight is 705 g/mol. The Morgan fingerprint density at radius 3 is 1.20 bits per heavy atom. The third-order valence-electron chi connectivity index (χ3n) is 10.4. The van der Waals surface area contributed by atoms with Gasteiger partial charge < -0.3 is 14.5 Å². The van der Waals surface area contributed by atoms with Crippen molar-refractivity contribution in [3.63, 3.8) is 0 Å². The van der Waals surface area contributed by atoms with Crippen LogP contribution in [0.4, 0.5) is 34.1 Å². The van der Waals surface area contributed by atoms with Crippen molar-refractivity contribution in [2.45, 2.75) is 0 Å². The molecule has 0 atom stereocenters. The molecule has 0 N–H and O–H groups in total. The summed E-state index contributed by atoms with van der Waals surface area (Å²) in [6.45, 7) is 0. The SMILES string of the molecule is c1ccc(N(c2ccccc2)c2ccc(-c3ccc4c(c3)-c3cccc5cc(-c6ccc(N(c7ccccc7)c7ccccc7)cc6)cc(c35)O4)cc2)cc1. The smallest absolute Gasteiger partial charge is 0.136 e. The van der Waals surface area contributed by atoms with Gasteiger partial charge >= 0.3 is 0 Å². The summed E-state index contributed by atoms with van der Waals surface area (Å²) in [5.41, 5.74) is 13.6. The summed E-state index contributed by atoms with van der Waals surface area (Å²) in [7, 11) is 0. The quantitative estimate of drug-likeness (QED) is 0.157. The van der Waals surface area contributed by atoms with Gasteiger partial charge in [-0.25, -0.2) is 0 Å². The number of nitrogens with zero attached hydrogens (tertiary/aromatic N) is 2. The number of rotatable bonds is 8. The van der Waals surface area contributed by atoms with Crippen LogP contribution in [0.2, 0.25) is 0 Å². The van der Waals surface area contributed by atoms with Crippen LogP contribution < -0.4 is 14.5 Å². The van der Waals surface area contributed by atoms with Gasteiger partial charge in [-0.2, -0.15) is 0 Å². The molecule has 0 bridgehead atoms. The Kier molecular flexibility index (Phi) is 8.16. The van der Waals surface area contributed by atoms with E-state index in [0.29, 0.717) is 0 Å². The third-order valence-corrected chi connectivity index (χ3v) is 10.4. The lowest BCUT2D eigenvalue weighted by Crippen LogP contribution is -2.09. The number of hydrogen-bond acceptors (Lipinski definition) is 3. The molecular formula is C52H36N2O. The lowest BCUT2D eigenvalue weighted by Gasteiger charge is -2.26. The first-order chi connectivity index (χ1) is 27.3. The fourth-order valence-electron chi connectivity index (χ4n) is 7.80. The zero-order chi connectivity index (χ0) is 36.6. The highest BCUT2D eigenvalue weighted by molar-refractivity contribution is 6.06. The standard InChI is InChI=1S/C52H36N2O/c1-5-15-42(16-6-1)53(43-17-7-2-8-18-43)46-29-24-37(25-30-46)39-28-33-50-49(35-39)48-23-13-14-40-34-41(36-51(55-50)52(40)48)38-26-31-47(32-27-38)54(44-19-9-3-10-20-44)45-21-11-4-12-22-45/h1-36H. The molecule has 9 aromatic carbocycles. The largest absolute Gasteiger partial charge is 0.456 e. The molecule has 0 aromatic heterocycles. The molecule has 0 saturated heterocycles. The molecule has 0 aliphatic carbocycles. The maximum absolute atomic E-state index is 6.71. The van der Waals surface area contributed by atoms with Crippen LogP contribution in [0.1, 0.15) is 0 Å². The van der Waals surface area contributed by atoms with E-state index in [1.165, 1.54) is 5.56 Å². The van der Waals surface area contributed by atoms with Crippen LogP contribution in [0.3, 0.4) is 0 Å². The minimum atomic E-state index is 0.869. The Morgan fingerprint density at radius 2 is 0.709 bits per heavy atom. The van der Waals surface area contributed by atoms with Gasteiger partial charge in [0.1, 0.15) is 11.5 Å². The van der Waals surface area contributed by atoms with Gasteiger partial charge in [0.05, 0.1) is 0 Å². The van der Waals surface area contributed by atoms with Gasteiger partial charge in [-0.05, 0) is 130 Å². The third kappa shape index (κ3) is 6.08. The molecule has 0 radical (unpaired) electrons. The monoisotopic (exact) mass is 704 g/mol. The van der Waals surface area contributed by atoms with E-state index in [0.717, 1.165) is 84.2 Å². The van der Waals surface area contributed by atoms with E-state index in [2.05, 4.69) is 228 Å². The molecule has 0 saturated carbocycles. The predicted octanol–water partition coefficient (Wildman–Crippen LogP) is 14.9. The zero-order valence-corrected chi connectivity index (χ0v) is 30.1. The Hall–Kier alpha value is -7.36. The van der Waals surface area contributed by atoms with E-state index in [-0.39, 0.29) is 0 Å². The molecule has 0 amide bonds. The Labute approximate surface area is 321 Å². The summed E-state index contributed by atoms with van der Waals surface area (Å²) in [6, 6.07) is 77.3. The summed E-state index contributed by atoms with van der Waals surface area (Å²) in [4.78, 5) is 4.57. The molecule has 0 fully saturated rings. The maximum atomic E-state index is 6.71. The topological polar surface area (TPSA) is 15.7 Å². The van der Waals surface area contributed by atoms with Gasteiger partial charge in [-0.1, -0.05) is 121 Å². The van der Waals surface area contributed by atoms with Crippen molar-refractivity contribution in [3.8, 4) is 44.9 Å². The molecule has 3 nitrogen and oxygen atoms in total. The highest BCUT2D eigenvalue weighted by Gasteiger charge is 2.22. The number of anilines is 6. The number of benzene rings is 9. The first-order valence-corrected chi connectivity index (χ1v) is 18.7. The molecule has 1 aliphatic rings. The van der Waals surface area contributed by atoms with Crippen molar-refractivity contribution in [2.75, 3.05) is 9.80 Å². The second-order valence-corrected chi connectivity index (χ2v) is 13.8. The molecule has 3 heteroatoms. The van der Waals surface area contributed by atoms with Crippen molar-refractivity contribution in [3.05, 3.63) is 218 Å². The summed E-state index contributed by atoms with van der Waals surface area (Å²) in [5.74, 6) is 1.75. The maximum Gasteiger partial charge on any atom is 0.136 e. The highest BCUT2D eigenvalue weighted by atomic mass is 16.5. The fourth-order valence-corrected chi connectivity index (χ4v) is 7.80. The van der Waals surface area contributed by atoms with Gasteiger partial charge in [0, 0.05) is 45.1 Å². The average Bonchev–Trinajstić information content (AvgIpc) is 3.26. The summed E-state index contributed by atoms with van der Waals surface area (Å²) in [5, 5.41) is 2.30. The molecular weight excluding hydrogens is 669 g/mol. The van der Waals surface area contributed by atoms with E-state index in [4.69, 9.17) is 4.74 Å². The van der Waals surface area contributed by atoms with Crippen molar-refractivity contribution < 1.29 is 4.74 Å². The summed E-state index contributed by atoms with van der Waals surface area (Å²) >= 11 is 0. The lowest BCUT2D eigenvalue weighted by molar-refractivity contribution is 0.487. The van der Waals surface area contributed by atoms with Crippen LogP contribution in [-0.4, -0.2) is 0 Å². The molecule has 9 aromatic rings. The highest BCUT2D eigenvalue weighted by Crippen LogP contribution is 2.49. The molecule has 0 spiro atoms. The van der Waals surface area contributed by atoms with E-state index >= 15 is 0 Å². The predicted molar refractivity (Wildman–Crippen MR) is 230 cm³/mol. The van der Waals surface area contributed by atoms with Crippen molar-refractivity contribution in [1.82, 2.24) is 0 Å². The van der Waals surface area contributed by atoms with E-state index in [1.54, 1.807) is 0 Å². The lowest BCUT2D eigenvalue weighted by atomic mass is 9.90. The van der Waals surface area contributed by atoms with Crippen molar-refractivity contribution >= 4 is 44.9 Å². The molecule has 10 rings (SSSR count). The van der Waals surface area contributed by atoms with Crippen LogP contribution in [0.15, 0.2) is 218 Å². The molecule has 1 heterocycles. The number of ether oxygens (including phenoxy) is 1. The van der Waals surface area contributed by atoms with Crippen LogP contribution >= 0.6 is 0 Å². The van der Waals surface area contributed by atoms with Crippen molar-refractivity contribution in [1.29, 1.82) is 0 Å². The van der Waals surface area contributed by atoms with E-state index < -0.39 is 0 Å². The zero-order valence-electron chi connectivity index (χ0n) is 30.1. The number of hydrogen-bond donors (Lipinski definition) is 0. The van der Waals surface area contributed by atoms with Gasteiger partial charge in [0.15, 0.2) is 0 Å². The number of fused-ring (bicyclic) bond motifs is 2. The summed E-state index contributed by atoms with van der Waals surface area (Å²) < 4.78 is 6.71. The molecule has 260 valence electrons. The molecule has 0 unspecified atom stereocenters. The van der Waals surface area contributed by atoms with Crippen LogP contribution in [-0.2, 0) is 0 Å². The minimum absolute atomic E-state index is 0.869. The van der Waals surface area contributed by atoms with E-state index in [1.807, 2.05) is 0 Å². The van der Waals surface area contributed by atoms with Gasteiger partial charge in [-0.3, -0.25) is 0 Å². The van der Waals surface area contributed by atoms with Gasteiger partial charge in [0.2, 0.25) is 0 Å². The number of para-hydroxylation sites is 4. The Balaban J connectivity index is 0.968. The van der Waals surface area contributed by atoms with E-state index in [9.17, 15) is 0 Å². The first-order valence-electron chi connectivity index (χ1n) is 18.7. The molecule has 1 aliphatic heterocycles. The normalized spacial score (nSPS) is 11.4. The van der Waals surface area contributed by atoms with Crippen LogP contribution in [0.5, 0.6) is 11.5 Å². The summed E-state index contributed by atoms with van der Waals surface area (Å²) in [6.07, 6.45) is 0. The second-order valence-electron chi connectivity index (χ2n) is 13.8.